The second-order valence-corrected chi connectivity index (χ2v) is 5.37. The molecule has 0 saturated heterocycles. The van der Waals surface area contributed by atoms with Crippen LogP contribution in [-0.4, -0.2) is 23.3 Å². The van der Waals surface area contributed by atoms with E-state index in [2.05, 4.69) is 36.5 Å². The molecule has 4 nitrogen and oxygen atoms in total. The fourth-order valence-electron chi connectivity index (χ4n) is 1.46. The predicted molar refractivity (Wildman–Crippen MR) is 80.7 cm³/mol. The third kappa shape index (κ3) is 3.37. The molecular formula is C12H11BrF2N4S. The van der Waals surface area contributed by atoms with Gasteiger partial charge < -0.3 is 10.6 Å². The average molecular weight is 361 g/mol. The SMILES string of the molecule is CNc1cc(Nc2cc(Br)c(F)cc2F)nc(SC)n1. The molecule has 0 atom stereocenters. The van der Waals surface area contributed by atoms with Crippen LogP contribution in [0, 0.1) is 11.6 Å². The molecule has 0 saturated carbocycles. The van der Waals surface area contributed by atoms with Crippen LogP contribution in [0.2, 0.25) is 0 Å². The first-order valence-electron chi connectivity index (χ1n) is 5.56. The number of benzene rings is 1. The molecule has 1 heterocycles. The lowest BCUT2D eigenvalue weighted by molar-refractivity contribution is 0.581. The van der Waals surface area contributed by atoms with E-state index >= 15 is 0 Å². The van der Waals surface area contributed by atoms with Gasteiger partial charge in [0, 0.05) is 19.2 Å². The molecule has 0 aliphatic rings. The van der Waals surface area contributed by atoms with Crippen molar-refractivity contribution < 1.29 is 8.78 Å². The highest BCUT2D eigenvalue weighted by molar-refractivity contribution is 9.10. The van der Waals surface area contributed by atoms with Crippen molar-refractivity contribution in [3.8, 4) is 0 Å². The highest BCUT2D eigenvalue weighted by Crippen LogP contribution is 2.27. The van der Waals surface area contributed by atoms with Gasteiger partial charge in [0.1, 0.15) is 23.3 Å². The van der Waals surface area contributed by atoms with E-state index in [9.17, 15) is 8.78 Å². The molecule has 8 heteroatoms. The van der Waals surface area contributed by atoms with Crippen LogP contribution in [0.15, 0.2) is 27.8 Å². The van der Waals surface area contributed by atoms with Gasteiger partial charge in [-0.2, -0.15) is 0 Å². The minimum absolute atomic E-state index is 0.131. The molecule has 1 aromatic carbocycles. The Hall–Kier alpha value is -1.41. The first-order valence-corrected chi connectivity index (χ1v) is 7.57. The molecule has 0 amide bonds. The zero-order valence-corrected chi connectivity index (χ0v) is 13.1. The van der Waals surface area contributed by atoms with Gasteiger partial charge in [-0.05, 0) is 28.3 Å². The van der Waals surface area contributed by atoms with Crippen molar-refractivity contribution in [3.63, 3.8) is 0 Å². The van der Waals surface area contributed by atoms with Crippen molar-refractivity contribution in [2.24, 2.45) is 0 Å². The molecular weight excluding hydrogens is 350 g/mol. The Morgan fingerprint density at radius 3 is 2.45 bits per heavy atom. The third-order valence-electron chi connectivity index (χ3n) is 2.42. The van der Waals surface area contributed by atoms with Gasteiger partial charge in [-0.1, -0.05) is 11.8 Å². The summed E-state index contributed by atoms with van der Waals surface area (Å²) in [7, 11) is 1.73. The highest BCUT2D eigenvalue weighted by Gasteiger charge is 2.10. The molecule has 2 aromatic rings. The van der Waals surface area contributed by atoms with Gasteiger partial charge in [-0.3, -0.25) is 0 Å². The van der Waals surface area contributed by atoms with Crippen LogP contribution in [0.5, 0.6) is 0 Å². The minimum Gasteiger partial charge on any atom is -0.373 e. The number of aromatic nitrogens is 2. The molecule has 0 unspecified atom stereocenters. The summed E-state index contributed by atoms with van der Waals surface area (Å²) in [6.45, 7) is 0. The van der Waals surface area contributed by atoms with Gasteiger partial charge in [0.15, 0.2) is 5.16 Å². The van der Waals surface area contributed by atoms with Crippen molar-refractivity contribution in [2.45, 2.75) is 5.16 Å². The van der Waals surface area contributed by atoms with Gasteiger partial charge in [0.25, 0.3) is 0 Å². The molecule has 0 aliphatic carbocycles. The second-order valence-electron chi connectivity index (χ2n) is 3.75. The van der Waals surface area contributed by atoms with E-state index < -0.39 is 11.6 Å². The van der Waals surface area contributed by atoms with Crippen LogP contribution in [-0.2, 0) is 0 Å². The van der Waals surface area contributed by atoms with Gasteiger partial charge in [0.05, 0.1) is 10.2 Å². The Kier molecular flexibility index (Phi) is 4.77. The topological polar surface area (TPSA) is 49.8 Å². The number of halogens is 3. The average Bonchev–Trinajstić information content (AvgIpc) is 2.44. The van der Waals surface area contributed by atoms with E-state index in [0.29, 0.717) is 16.8 Å². The number of anilines is 3. The van der Waals surface area contributed by atoms with Gasteiger partial charge in [0.2, 0.25) is 0 Å². The molecule has 0 radical (unpaired) electrons. The Morgan fingerprint density at radius 1 is 1.10 bits per heavy atom. The number of nitrogens with zero attached hydrogens (tertiary/aromatic N) is 2. The van der Waals surface area contributed by atoms with Crippen molar-refractivity contribution in [3.05, 3.63) is 34.3 Å². The number of hydrogen-bond donors (Lipinski definition) is 2. The van der Waals surface area contributed by atoms with E-state index in [1.807, 2.05) is 6.26 Å². The Labute approximate surface area is 127 Å². The van der Waals surface area contributed by atoms with Crippen LogP contribution in [0.25, 0.3) is 0 Å². The van der Waals surface area contributed by atoms with Crippen molar-refractivity contribution in [1.82, 2.24) is 9.97 Å². The summed E-state index contributed by atoms with van der Waals surface area (Å²) >= 11 is 4.39. The first-order chi connectivity index (χ1) is 9.53. The number of hydrogen-bond acceptors (Lipinski definition) is 5. The summed E-state index contributed by atoms with van der Waals surface area (Å²) in [6, 6.07) is 3.77. The maximum Gasteiger partial charge on any atom is 0.191 e. The van der Waals surface area contributed by atoms with Crippen LogP contribution in [0.1, 0.15) is 0 Å². The lowest BCUT2D eigenvalue weighted by Gasteiger charge is -2.10. The van der Waals surface area contributed by atoms with Crippen LogP contribution < -0.4 is 10.6 Å². The lowest BCUT2D eigenvalue weighted by Crippen LogP contribution is -2.02. The lowest BCUT2D eigenvalue weighted by atomic mass is 10.3. The van der Waals surface area contributed by atoms with Crippen molar-refractivity contribution in [1.29, 1.82) is 0 Å². The number of nitrogens with one attached hydrogen (secondary N) is 2. The zero-order valence-electron chi connectivity index (χ0n) is 10.7. The van der Waals surface area contributed by atoms with E-state index in [-0.39, 0.29) is 10.2 Å². The Morgan fingerprint density at radius 2 is 1.80 bits per heavy atom. The number of thioether (sulfide) groups is 1. The summed E-state index contributed by atoms with van der Waals surface area (Å²) < 4.78 is 27.1. The van der Waals surface area contributed by atoms with E-state index in [1.165, 1.54) is 17.8 Å². The molecule has 106 valence electrons. The van der Waals surface area contributed by atoms with Crippen molar-refractivity contribution in [2.75, 3.05) is 23.9 Å². The van der Waals surface area contributed by atoms with E-state index in [4.69, 9.17) is 0 Å². The fourth-order valence-corrected chi connectivity index (χ4v) is 2.19. The zero-order chi connectivity index (χ0) is 14.7. The molecule has 0 aliphatic heterocycles. The molecule has 0 bridgehead atoms. The van der Waals surface area contributed by atoms with Crippen molar-refractivity contribution >= 4 is 45.0 Å². The Balaban J connectivity index is 2.36. The monoisotopic (exact) mass is 360 g/mol. The summed E-state index contributed by atoms with van der Waals surface area (Å²) in [5, 5.41) is 6.25. The van der Waals surface area contributed by atoms with E-state index in [0.717, 1.165) is 6.07 Å². The Bertz CT molecular complexity index is 617. The standard InChI is InChI=1S/C12H11BrF2N4S/c1-16-10-5-11(19-12(18-10)20-2)17-9-3-6(13)7(14)4-8(9)15/h3-5H,1-2H3,(H2,16,17,18,19). The first kappa shape index (κ1) is 15.0. The molecule has 20 heavy (non-hydrogen) atoms. The van der Waals surface area contributed by atoms with E-state index in [1.54, 1.807) is 13.1 Å². The van der Waals surface area contributed by atoms with Crippen LogP contribution >= 0.6 is 27.7 Å². The molecule has 1 aromatic heterocycles. The molecule has 0 spiro atoms. The molecule has 2 rings (SSSR count). The van der Waals surface area contributed by atoms with Gasteiger partial charge >= 0.3 is 0 Å². The maximum atomic E-state index is 13.7. The van der Waals surface area contributed by atoms with Gasteiger partial charge in [-0.15, -0.1) is 0 Å². The van der Waals surface area contributed by atoms with Gasteiger partial charge in [-0.25, -0.2) is 18.7 Å². The maximum absolute atomic E-state index is 13.7. The summed E-state index contributed by atoms with van der Waals surface area (Å²) in [6.07, 6.45) is 1.84. The quantitative estimate of drug-likeness (QED) is 0.489. The highest BCUT2D eigenvalue weighted by atomic mass is 79.9. The summed E-state index contributed by atoms with van der Waals surface area (Å²) in [5.41, 5.74) is 0.131. The smallest absolute Gasteiger partial charge is 0.191 e. The second kappa shape index (κ2) is 6.36. The largest absolute Gasteiger partial charge is 0.373 e. The minimum atomic E-state index is -0.693. The normalized spacial score (nSPS) is 10.4. The van der Waals surface area contributed by atoms with Crippen LogP contribution in [0.4, 0.5) is 26.1 Å². The molecule has 2 N–H and O–H groups in total. The molecule has 0 fully saturated rings. The summed E-state index contributed by atoms with van der Waals surface area (Å²) in [5.74, 6) is -0.322. The van der Waals surface area contributed by atoms with Crippen LogP contribution in [0.3, 0.4) is 0 Å². The fraction of sp³-hybridized carbons (Fsp3) is 0.167. The predicted octanol–water partition coefficient (Wildman–Crippen LogP) is 4.02. The summed E-state index contributed by atoms with van der Waals surface area (Å²) in [4.78, 5) is 8.42. The number of rotatable bonds is 4. The third-order valence-corrected chi connectivity index (χ3v) is 3.57.